The molecule has 3 atom stereocenters. The molecule has 0 aliphatic carbocycles. The van der Waals surface area contributed by atoms with E-state index in [1.807, 2.05) is 34.5 Å². The molecule has 1 aromatic heterocycles. The number of benzene rings is 1. The largest absolute Gasteiger partial charge is 0.380 e. The van der Waals surface area contributed by atoms with Crippen LogP contribution < -0.4 is 10.6 Å². The molecule has 12 nitrogen and oxygen atoms in total. The molecule has 1 aromatic carbocycles. The highest BCUT2D eigenvalue weighted by Gasteiger charge is 2.46. The summed E-state index contributed by atoms with van der Waals surface area (Å²) in [4.78, 5) is 67.8. The fourth-order valence-electron chi connectivity index (χ4n) is 6.12. The maximum atomic E-state index is 13.3. The molecule has 0 radical (unpaired) electrons. The van der Waals surface area contributed by atoms with Crippen LogP contribution in [0.5, 0.6) is 0 Å². The van der Waals surface area contributed by atoms with Crippen LogP contribution in [0.3, 0.4) is 0 Å². The summed E-state index contributed by atoms with van der Waals surface area (Å²) in [5.74, 6) is -2.12. The second kappa shape index (κ2) is 9.51. The number of nitrogens with one attached hydrogen (secondary N) is 2. The molecule has 0 saturated carbocycles. The van der Waals surface area contributed by atoms with Gasteiger partial charge < -0.3 is 15.1 Å². The molecule has 3 unspecified atom stereocenters. The summed E-state index contributed by atoms with van der Waals surface area (Å²) in [5.41, 5.74) is 1.88. The molecule has 3 saturated heterocycles. The predicted octanol–water partition coefficient (Wildman–Crippen LogP) is 1.75. The lowest BCUT2D eigenvalue weighted by Crippen LogP contribution is -2.54. The number of aromatic nitrogens is 2. The van der Waals surface area contributed by atoms with Crippen LogP contribution in [0.15, 0.2) is 30.6 Å². The Morgan fingerprint density at radius 3 is 2.67 bits per heavy atom. The van der Waals surface area contributed by atoms with E-state index in [9.17, 15) is 24.0 Å². The van der Waals surface area contributed by atoms with Crippen molar-refractivity contribution in [1.29, 1.82) is 0 Å². The molecule has 2 aromatic rings. The zero-order valence-electron chi connectivity index (χ0n) is 21.9. The fraction of sp³-hybridized carbons (Fsp3) is 0.481. The Morgan fingerprint density at radius 2 is 1.90 bits per heavy atom. The van der Waals surface area contributed by atoms with Gasteiger partial charge in [0, 0.05) is 49.5 Å². The Labute approximate surface area is 225 Å². The maximum absolute atomic E-state index is 13.3. The predicted molar refractivity (Wildman–Crippen MR) is 139 cm³/mol. The van der Waals surface area contributed by atoms with Crippen LogP contribution in [0.4, 0.5) is 10.5 Å². The molecule has 6 rings (SSSR count). The van der Waals surface area contributed by atoms with E-state index in [0.717, 1.165) is 29.8 Å². The second-order valence-electron chi connectivity index (χ2n) is 10.9. The van der Waals surface area contributed by atoms with Crippen LogP contribution in [0, 0.1) is 0 Å². The number of carbonyl (C=O) groups excluding carboxylic acids is 5. The van der Waals surface area contributed by atoms with Gasteiger partial charge in [0.2, 0.25) is 11.8 Å². The van der Waals surface area contributed by atoms with Gasteiger partial charge in [-0.1, -0.05) is 6.07 Å². The van der Waals surface area contributed by atoms with Gasteiger partial charge in [0.25, 0.3) is 11.8 Å². The third-order valence-corrected chi connectivity index (χ3v) is 8.19. The average molecular weight is 534 g/mol. The highest BCUT2D eigenvalue weighted by Crippen LogP contribution is 2.34. The minimum atomic E-state index is -1.00. The first-order valence-corrected chi connectivity index (χ1v) is 13.4. The Balaban J connectivity index is 1.13. The van der Waals surface area contributed by atoms with Crippen LogP contribution in [0.2, 0.25) is 0 Å². The first kappa shape index (κ1) is 25.1. The standard InChI is InChI=1S/C27H31N7O5/c1-15(2)32-14-18-10-17(8-9-31(18)27(32)39)33-13-16(12-29-33)11-28-20-5-3-4-19-23(20)26(38)34(25(19)37)21-6-7-22(35)30-24(21)36/h3-5,12-13,15,17-18,21,28H,6-11,14H2,1-2H3,(H,30,35,36). The fourth-order valence-corrected chi connectivity index (χ4v) is 6.12. The number of hydrogen-bond acceptors (Lipinski definition) is 7. The summed E-state index contributed by atoms with van der Waals surface area (Å²) in [6.07, 6.45) is 5.64. The zero-order valence-corrected chi connectivity index (χ0v) is 21.9. The SMILES string of the molecule is CC(C)N1CC2CC(n3cc(CNc4cccc5c4C(=O)N(C4CCC(=O)NC4=O)C5=O)cn3)CCN2C1=O. The number of amides is 6. The van der Waals surface area contributed by atoms with Crippen molar-refractivity contribution < 1.29 is 24.0 Å². The molecule has 2 N–H and O–H groups in total. The molecule has 4 aliphatic heterocycles. The first-order valence-electron chi connectivity index (χ1n) is 13.4. The van der Waals surface area contributed by atoms with E-state index in [1.54, 1.807) is 24.4 Å². The van der Waals surface area contributed by atoms with Crippen molar-refractivity contribution in [1.82, 2.24) is 29.8 Å². The molecule has 0 spiro atoms. The topological polar surface area (TPSA) is 137 Å². The minimum absolute atomic E-state index is 0.0744. The summed E-state index contributed by atoms with van der Waals surface area (Å²) in [6.45, 7) is 5.92. The third-order valence-electron chi connectivity index (χ3n) is 8.19. The average Bonchev–Trinajstić information content (AvgIpc) is 3.59. The molecule has 6 amide bonds. The smallest absolute Gasteiger partial charge is 0.320 e. The van der Waals surface area contributed by atoms with E-state index < -0.39 is 29.7 Å². The van der Waals surface area contributed by atoms with Crippen molar-refractivity contribution in [2.24, 2.45) is 0 Å². The number of fused-ring (bicyclic) bond motifs is 2. The highest BCUT2D eigenvalue weighted by atomic mass is 16.2. The van der Waals surface area contributed by atoms with Gasteiger partial charge >= 0.3 is 6.03 Å². The molecule has 39 heavy (non-hydrogen) atoms. The summed E-state index contributed by atoms with van der Waals surface area (Å²) < 4.78 is 1.96. The van der Waals surface area contributed by atoms with Crippen molar-refractivity contribution >= 4 is 35.3 Å². The van der Waals surface area contributed by atoms with Gasteiger partial charge in [0.1, 0.15) is 6.04 Å². The van der Waals surface area contributed by atoms with E-state index in [0.29, 0.717) is 18.8 Å². The van der Waals surface area contributed by atoms with E-state index in [1.165, 1.54) is 0 Å². The van der Waals surface area contributed by atoms with E-state index >= 15 is 0 Å². The van der Waals surface area contributed by atoms with Gasteiger partial charge in [-0.25, -0.2) is 4.79 Å². The van der Waals surface area contributed by atoms with Crippen molar-refractivity contribution in [2.75, 3.05) is 18.4 Å². The molecule has 0 bridgehead atoms. The molecule has 12 heteroatoms. The Hall–Kier alpha value is -4.22. The Bertz CT molecular complexity index is 1380. The van der Waals surface area contributed by atoms with Crippen LogP contribution in [-0.4, -0.2) is 85.4 Å². The molecule has 5 heterocycles. The van der Waals surface area contributed by atoms with Crippen molar-refractivity contribution in [3.05, 3.63) is 47.3 Å². The lowest BCUT2D eigenvalue weighted by molar-refractivity contribution is -0.136. The lowest BCUT2D eigenvalue weighted by atomic mass is 9.98. The van der Waals surface area contributed by atoms with Crippen LogP contribution >= 0.6 is 0 Å². The van der Waals surface area contributed by atoms with Gasteiger partial charge in [-0.3, -0.25) is 34.1 Å². The molecule has 3 fully saturated rings. The maximum Gasteiger partial charge on any atom is 0.320 e. The Kier molecular flexibility index (Phi) is 6.12. The van der Waals surface area contributed by atoms with E-state index in [4.69, 9.17) is 0 Å². The first-order chi connectivity index (χ1) is 18.7. The number of urea groups is 1. The summed E-state index contributed by atoms with van der Waals surface area (Å²) in [7, 11) is 0. The van der Waals surface area contributed by atoms with Crippen LogP contribution in [0.25, 0.3) is 0 Å². The number of nitrogens with zero attached hydrogens (tertiary/aromatic N) is 5. The third kappa shape index (κ3) is 4.23. The summed E-state index contributed by atoms with van der Waals surface area (Å²) in [5, 5.41) is 10.1. The number of anilines is 1. The minimum Gasteiger partial charge on any atom is -0.380 e. The van der Waals surface area contributed by atoms with Gasteiger partial charge in [-0.05, 0) is 45.2 Å². The molecular formula is C27H31N7O5. The number of rotatable bonds is 6. The quantitative estimate of drug-likeness (QED) is 0.540. The van der Waals surface area contributed by atoms with Gasteiger partial charge in [0.05, 0.1) is 29.4 Å². The second-order valence-corrected chi connectivity index (χ2v) is 10.9. The number of piperidine rings is 2. The summed E-state index contributed by atoms with van der Waals surface area (Å²) in [6, 6.07) is 4.69. The highest BCUT2D eigenvalue weighted by molar-refractivity contribution is 6.25. The zero-order chi connectivity index (χ0) is 27.4. The molecular weight excluding hydrogens is 502 g/mol. The van der Waals surface area contributed by atoms with Crippen LogP contribution in [-0.2, 0) is 16.1 Å². The van der Waals surface area contributed by atoms with Crippen molar-refractivity contribution in [2.45, 2.75) is 70.2 Å². The van der Waals surface area contributed by atoms with Gasteiger partial charge in [0.15, 0.2) is 0 Å². The number of carbonyl (C=O) groups is 5. The van der Waals surface area contributed by atoms with Crippen molar-refractivity contribution in [3.63, 3.8) is 0 Å². The van der Waals surface area contributed by atoms with E-state index in [-0.39, 0.29) is 48.1 Å². The molecule has 4 aliphatic rings. The monoisotopic (exact) mass is 533 g/mol. The van der Waals surface area contributed by atoms with E-state index in [2.05, 4.69) is 15.7 Å². The summed E-state index contributed by atoms with van der Waals surface area (Å²) >= 11 is 0. The lowest BCUT2D eigenvalue weighted by Gasteiger charge is -2.33. The van der Waals surface area contributed by atoms with Crippen LogP contribution in [0.1, 0.15) is 71.9 Å². The van der Waals surface area contributed by atoms with Gasteiger partial charge in [-0.15, -0.1) is 0 Å². The normalized spacial score (nSPS) is 24.9. The Morgan fingerprint density at radius 1 is 1.08 bits per heavy atom. The molecule has 204 valence electrons. The van der Waals surface area contributed by atoms with Gasteiger partial charge in [-0.2, -0.15) is 5.10 Å². The number of imide groups is 2. The number of hydrogen-bond donors (Lipinski definition) is 2. The van der Waals surface area contributed by atoms with Crippen molar-refractivity contribution in [3.8, 4) is 0 Å².